The third kappa shape index (κ3) is 10.1. The molecule has 0 fully saturated rings. The topological polar surface area (TPSA) is 149 Å². The predicted molar refractivity (Wildman–Crippen MR) is 70.7 cm³/mol. The average molecular weight is 314 g/mol. The van der Waals surface area contributed by atoms with E-state index in [-0.39, 0.29) is 33.0 Å². The van der Waals surface area contributed by atoms with Crippen molar-refractivity contribution in [3.8, 4) is 0 Å². The summed E-state index contributed by atoms with van der Waals surface area (Å²) in [5.41, 5.74) is 0. The molecule has 0 aliphatic rings. The molecule has 0 aromatic carbocycles. The Labute approximate surface area is 123 Å². The van der Waals surface area contributed by atoms with Gasteiger partial charge in [0.25, 0.3) is 0 Å². The second-order valence-electron chi connectivity index (χ2n) is 4.44. The quantitative estimate of drug-likeness (QED) is 0.192. The van der Waals surface area contributed by atoms with E-state index < -0.39 is 44.2 Å². The van der Waals surface area contributed by atoms with Crippen LogP contribution in [0.4, 0.5) is 0 Å². The molecule has 0 heterocycles. The average Bonchev–Trinajstić information content (AvgIpc) is 2.52. The summed E-state index contributed by atoms with van der Waals surface area (Å²) >= 11 is 0. The molecule has 21 heavy (non-hydrogen) atoms. The van der Waals surface area contributed by atoms with Crippen LogP contribution in [0.3, 0.4) is 0 Å². The van der Waals surface area contributed by atoms with Crippen molar-refractivity contribution in [2.45, 2.75) is 24.4 Å². The first-order valence-electron chi connectivity index (χ1n) is 6.68. The van der Waals surface area contributed by atoms with Crippen LogP contribution in [-0.4, -0.2) is 108 Å². The molecule has 0 amide bonds. The molecule has 6 N–H and O–H groups in total. The van der Waals surface area contributed by atoms with Crippen molar-refractivity contribution in [2.24, 2.45) is 0 Å². The van der Waals surface area contributed by atoms with Gasteiger partial charge in [-0.25, -0.2) is 0 Å². The SMILES string of the molecule is OCC(O)COCC(COC(CO)CO)OC(CO)CO. The number of hydrogen-bond donors (Lipinski definition) is 6. The largest absolute Gasteiger partial charge is 0.394 e. The summed E-state index contributed by atoms with van der Waals surface area (Å²) in [7, 11) is 0. The van der Waals surface area contributed by atoms with Crippen molar-refractivity contribution >= 4 is 0 Å². The van der Waals surface area contributed by atoms with E-state index in [9.17, 15) is 0 Å². The van der Waals surface area contributed by atoms with E-state index in [4.69, 9.17) is 44.8 Å². The Morgan fingerprint density at radius 1 is 0.619 bits per heavy atom. The Morgan fingerprint density at radius 2 is 1.19 bits per heavy atom. The Morgan fingerprint density at radius 3 is 1.67 bits per heavy atom. The molecule has 0 spiro atoms. The van der Waals surface area contributed by atoms with Gasteiger partial charge in [-0.2, -0.15) is 0 Å². The van der Waals surface area contributed by atoms with Gasteiger partial charge < -0.3 is 44.8 Å². The summed E-state index contributed by atoms with van der Waals surface area (Å²) in [6.07, 6.45) is -3.27. The van der Waals surface area contributed by atoms with Crippen LogP contribution in [0.15, 0.2) is 0 Å². The van der Waals surface area contributed by atoms with Gasteiger partial charge in [0, 0.05) is 0 Å². The van der Waals surface area contributed by atoms with Crippen LogP contribution in [0, 0.1) is 0 Å². The summed E-state index contributed by atoms with van der Waals surface area (Å²) in [5.74, 6) is 0. The van der Waals surface area contributed by atoms with Crippen molar-refractivity contribution < 1.29 is 44.8 Å². The van der Waals surface area contributed by atoms with Gasteiger partial charge in [-0.15, -0.1) is 0 Å². The number of aliphatic hydroxyl groups is 6. The fourth-order valence-corrected chi connectivity index (χ4v) is 1.34. The monoisotopic (exact) mass is 314 g/mol. The highest BCUT2D eigenvalue weighted by atomic mass is 16.6. The molecule has 0 rings (SSSR count). The zero-order valence-electron chi connectivity index (χ0n) is 11.9. The van der Waals surface area contributed by atoms with Crippen LogP contribution < -0.4 is 0 Å². The highest BCUT2D eigenvalue weighted by Gasteiger charge is 2.19. The minimum Gasteiger partial charge on any atom is -0.394 e. The first-order valence-corrected chi connectivity index (χ1v) is 6.68. The Kier molecular flexibility index (Phi) is 13.1. The fourth-order valence-electron chi connectivity index (χ4n) is 1.34. The molecular weight excluding hydrogens is 288 g/mol. The minimum absolute atomic E-state index is 0.0167. The van der Waals surface area contributed by atoms with E-state index in [0.717, 1.165) is 0 Å². The van der Waals surface area contributed by atoms with Crippen molar-refractivity contribution in [2.75, 3.05) is 52.9 Å². The normalized spacial score (nSPS) is 14.9. The van der Waals surface area contributed by atoms with Gasteiger partial charge in [-0.3, -0.25) is 0 Å². The van der Waals surface area contributed by atoms with Crippen LogP contribution in [0.25, 0.3) is 0 Å². The molecule has 0 aliphatic heterocycles. The zero-order chi connectivity index (χ0) is 16.1. The molecule has 128 valence electrons. The molecule has 9 nitrogen and oxygen atoms in total. The molecule has 0 radical (unpaired) electrons. The molecule has 2 atom stereocenters. The van der Waals surface area contributed by atoms with Crippen molar-refractivity contribution in [3.63, 3.8) is 0 Å². The van der Waals surface area contributed by atoms with E-state index in [0.29, 0.717) is 0 Å². The molecule has 0 saturated heterocycles. The Balaban J connectivity index is 4.25. The van der Waals surface area contributed by atoms with Crippen molar-refractivity contribution in [1.29, 1.82) is 0 Å². The minimum atomic E-state index is -1.01. The Hall–Kier alpha value is -0.360. The summed E-state index contributed by atoms with van der Waals surface area (Å²) in [5, 5.41) is 53.5. The molecule has 9 heteroatoms. The maximum atomic E-state index is 9.15. The van der Waals surface area contributed by atoms with Gasteiger partial charge in [0.05, 0.1) is 52.9 Å². The van der Waals surface area contributed by atoms with Gasteiger partial charge in [0.2, 0.25) is 0 Å². The lowest BCUT2D eigenvalue weighted by Gasteiger charge is -2.24. The molecule has 0 saturated carbocycles. The van der Waals surface area contributed by atoms with E-state index in [2.05, 4.69) is 0 Å². The second-order valence-corrected chi connectivity index (χ2v) is 4.44. The maximum absolute atomic E-state index is 9.15. The summed E-state index contributed by atoms with van der Waals surface area (Å²) in [4.78, 5) is 0. The van der Waals surface area contributed by atoms with Crippen LogP contribution in [0.1, 0.15) is 0 Å². The molecule has 2 unspecified atom stereocenters. The van der Waals surface area contributed by atoms with Gasteiger partial charge in [-0.05, 0) is 0 Å². The fraction of sp³-hybridized carbons (Fsp3) is 1.00. The van der Waals surface area contributed by atoms with E-state index in [1.165, 1.54) is 0 Å². The van der Waals surface area contributed by atoms with E-state index in [1.807, 2.05) is 0 Å². The molecule has 0 bridgehead atoms. The van der Waals surface area contributed by atoms with Gasteiger partial charge in [0.1, 0.15) is 24.4 Å². The summed E-state index contributed by atoms with van der Waals surface area (Å²) in [6, 6.07) is 0. The predicted octanol–water partition coefficient (Wildman–Crippen LogP) is -3.54. The third-order valence-corrected chi connectivity index (χ3v) is 2.54. The molecule has 0 aromatic heterocycles. The van der Waals surface area contributed by atoms with Crippen LogP contribution in [0.5, 0.6) is 0 Å². The lowest BCUT2D eigenvalue weighted by Crippen LogP contribution is -2.37. The lowest BCUT2D eigenvalue weighted by atomic mass is 10.3. The first-order chi connectivity index (χ1) is 10.1. The van der Waals surface area contributed by atoms with Crippen LogP contribution in [0.2, 0.25) is 0 Å². The van der Waals surface area contributed by atoms with Gasteiger partial charge in [0.15, 0.2) is 0 Å². The zero-order valence-corrected chi connectivity index (χ0v) is 11.9. The first kappa shape index (κ1) is 20.6. The summed E-state index contributed by atoms with van der Waals surface area (Å²) in [6.45, 7) is -2.12. The standard InChI is InChI=1S/C12H26O9/c13-1-9(18)6-19-7-12(21-11(4-16)5-17)8-20-10(2-14)3-15/h9-18H,1-8H2. The number of ether oxygens (including phenoxy) is 3. The van der Waals surface area contributed by atoms with E-state index in [1.54, 1.807) is 0 Å². The number of rotatable bonds is 14. The number of aliphatic hydroxyl groups excluding tert-OH is 6. The molecular formula is C12H26O9. The smallest absolute Gasteiger partial charge is 0.105 e. The molecule has 0 aliphatic carbocycles. The maximum Gasteiger partial charge on any atom is 0.105 e. The highest BCUT2D eigenvalue weighted by molar-refractivity contribution is 4.64. The number of hydrogen-bond acceptors (Lipinski definition) is 9. The van der Waals surface area contributed by atoms with Gasteiger partial charge >= 0.3 is 0 Å². The lowest BCUT2D eigenvalue weighted by molar-refractivity contribution is -0.137. The Bertz CT molecular complexity index is 221. The highest BCUT2D eigenvalue weighted by Crippen LogP contribution is 2.03. The van der Waals surface area contributed by atoms with E-state index >= 15 is 0 Å². The second kappa shape index (κ2) is 13.3. The molecule has 0 aromatic rings. The van der Waals surface area contributed by atoms with Gasteiger partial charge in [-0.1, -0.05) is 0 Å². The van der Waals surface area contributed by atoms with Crippen molar-refractivity contribution in [1.82, 2.24) is 0 Å². The van der Waals surface area contributed by atoms with Crippen LogP contribution in [-0.2, 0) is 14.2 Å². The third-order valence-electron chi connectivity index (χ3n) is 2.54. The van der Waals surface area contributed by atoms with Crippen molar-refractivity contribution in [3.05, 3.63) is 0 Å². The van der Waals surface area contributed by atoms with Crippen LogP contribution >= 0.6 is 0 Å². The summed E-state index contributed by atoms with van der Waals surface area (Å²) < 4.78 is 15.7.